The van der Waals surface area contributed by atoms with Gasteiger partial charge in [0.1, 0.15) is 0 Å². The van der Waals surface area contributed by atoms with Gasteiger partial charge < -0.3 is 5.11 Å². The number of sulfonamides is 1. The number of anilines is 1. The molecule has 1 aromatic carbocycles. The van der Waals surface area contributed by atoms with Gasteiger partial charge in [0.15, 0.2) is 0 Å². The number of nitriles is 1. The predicted molar refractivity (Wildman–Crippen MR) is 81.0 cm³/mol. The summed E-state index contributed by atoms with van der Waals surface area (Å²) in [5.74, 6) is 0. The van der Waals surface area contributed by atoms with Crippen LogP contribution in [0, 0.1) is 11.3 Å². The average Bonchev–Trinajstić information content (AvgIpc) is 2.48. The lowest BCUT2D eigenvalue weighted by Crippen LogP contribution is -2.29. The molecule has 1 aliphatic rings. The van der Waals surface area contributed by atoms with Crippen LogP contribution >= 0.6 is 0 Å². The van der Waals surface area contributed by atoms with E-state index >= 15 is 0 Å². The van der Waals surface area contributed by atoms with Gasteiger partial charge in [-0.1, -0.05) is 31.4 Å². The van der Waals surface area contributed by atoms with Gasteiger partial charge in [0, 0.05) is 5.69 Å². The fraction of sp³-hybridized carbons (Fsp3) is 0.533. The maximum Gasteiger partial charge on any atom is 0.235 e. The van der Waals surface area contributed by atoms with Crippen molar-refractivity contribution >= 4 is 15.7 Å². The van der Waals surface area contributed by atoms with E-state index in [1.54, 1.807) is 24.3 Å². The Morgan fingerprint density at radius 1 is 1.33 bits per heavy atom. The molecule has 1 atom stereocenters. The van der Waals surface area contributed by atoms with Crippen molar-refractivity contribution < 1.29 is 13.5 Å². The zero-order chi connectivity index (χ0) is 15.3. The van der Waals surface area contributed by atoms with Gasteiger partial charge in [-0.2, -0.15) is 5.26 Å². The number of benzene rings is 1. The first-order valence-corrected chi connectivity index (χ1v) is 8.74. The lowest BCUT2D eigenvalue weighted by Gasteiger charge is -2.22. The standard InChI is InChI=1S/C15H20N2O3S/c16-10-9-15(18)12-5-4-6-13(11-12)17-21(19,20)14-7-2-1-3-8-14/h4-6,11,14-15,17-18H,1-3,7-9H2. The van der Waals surface area contributed by atoms with E-state index in [9.17, 15) is 13.5 Å². The van der Waals surface area contributed by atoms with Gasteiger partial charge in [0.05, 0.1) is 23.8 Å². The van der Waals surface area contributed by atoms with Crippen LogP contribution in [-0.4, -0.2) is 18.8 Å². The molecule has 0 spiro atoms. The van der Waals surface area contributed by atoms with Crippen LogP contribution in [0.2, 0.25) is 0 Å². The minimum Gasteiger partial charge on any atom is -0.387 e. The number of aliphatic hydroxyl groups is 1. The van der Waals surface area contributed by atoms with Crippen molar-refractivity contribution in [1.82, 2.24) is 0 Å². The van der Waals surface area contributed by atoms with Crippen LogP contribution in [-0.2, 0) is 10.0 Å². The molecule has 0 amide bonds. The van der Waals surface area contributed by atoms with E-state index in [-0.39, 0.29) is 11.7 Å². The zero-order valence-electron chi connectivity index (χ0n) is 11.8. The minimum absolute atomic E-state index is 0.0151. The molecule has 5 nitrogen and oxygen atoms in total. The van der Waals surface area contributed by atoms with Crippen molar-refractivity contribution in [2.75, 3.05) is 4.72 Å². The maximum atomic E-state index is 12.3. The van der Waals surface area contributed by atoms with E-state index in [1.807, 2.05) is 6.07 Å². The van der Waals surface area contributed by atoms with Crippen molar-refractivity contribution in [2.24, 2.45) is 0 Å². The van der Waals surface area contributed by atoms with Crippen LogP contribution in [0.1, 0.15) is 50.2 Å². The summed E-state index contributed by atoms with van der Waals surface area (Å²) in [6, 6.07) is 8.49. The van der Waals surface area contributed by atoms with Crippen LogP contribution < -0.4 is 4.72 Å². The van der Waals surface area contributed by atoms with Crippen molar-refractivity contribution in [3.05, 3.63) is 29.8 Å². The van der Waals surface area contributed by atoms with Crippen LogP contribution in [0.4, 0.5) is 5.69 Å². The monoisotopic (exact) mass is 308 g/mol. The molecule has 1 aromatic rings. The van der Waals surface area contributed by atoms with Crippen LogP contribution in [0.25, 0.3) is 0 Å². The molecule has 0 aromatic heterocycles. The molecule has 0 radical (unpaired) electrons. The smallest absolute Gasteiger partial charge is 0.235 e. The van der Waals surface area contributed by atoms with Crippen molar-refractivity contribution in [1.29, 1.82) is 5.26 Å². The van der Waals surface area contributed by atoms with Gasteiger partial charge in [-0.3, -0.25) is 4.72 Å². The summed E-state index contributed by atoms with van der Waals surface area (Å²) in [4.78, 5) is 0. The number of nitrogens with one attached hydrogen (secondary N) is 1. The van der Waals surface area contributed by atoms with Gasteiger partial charge in [-0.05, 0) is 30.5 Å². The van der Waals surface area contributed by atoms with Crippen molar-refractivity contribution in [3.8, 4) is 6.07 Å². The maximum absolute atomic E-state index is 12.3. The molecule has 0 saturated heterocycles. The van der Waals surface area contributed by atoms with E-state index in [4.69, 9.17) is 5.26 Å². The summed E-state index contributed by atoms with van der Waals surface area (Å²) in [5, 5.41) is 18.1. The molecule has 21 heavy (non-hydrogen) atoms. The molecular formula is C15H20N2O3S. The molecule has 0 bridgehead atoms. The van der Waals surface area contributed by atoms with Gasteiger partial charge in [-0.25, -0.2) is 8.42 Å². The number of hydrogen-bond acceptors (Lipinski definition) is 4. The Kier molecular flexibility index (Phi) is 5.21. The molecule has 1 fully saturated rings. The second-order valence-corrected chi connectivity index (χ2v) is 7.37. The first-order valence-electron chi connectivity index (χ1n) is 7.19. The summed E-state index contributed by atoms with van der Waals surface area (Å²) in [7, 11) is -3.39. The van der Waals surface area contributed by atoms with E-state index in [1.165, 1.54) is 0 Å². The van der Waals surface area contributed by atoms with E-state index in [2.05, 4.69) is 4.72 Å². The lowest BCUT2D eigenvalue weighted by atomic mass is 10.0. The second kappa shape index (κ2) is 6.92. The number of rotatable bonds is 5. The van der Waals surface area contributed by atoms with Crippen LogP contribution in [0.15, 0.2) is 24.3 Å². The zero-order valence-corrected chi connectivity index (χ0v) is 12.6. The van der Waals surface area contributed by atoms with Gasteiger partial charge in [-0.15, -0.1) is 0 Å². The van der Waals surface area contributed by atoms with Crippen LogP contribution in [0.5, 0.6) is 0 Å². The Bertz CT molecular complexity index is 616. The summed E-state index contributed by atoms with van der Waals surface area (Å²) in [6.07, 6.45) is 3.49. The highest BCUT2D eigenvalue weighted by Crippen LogP contribution is 2.26. The third kappa shape index (κ3) is 4.19. The molecule has 2 rings (SSSR count). The molecular weight excluding hydrogens is 288 g/mol. The molecule has 0 heterocycles. The summed E-state index contributed by atoms with van der Waals surface area (Å²) >= 11 is 0. The topological polar surface area (TPSA) is 90.2 Å². The molecule has 6 heteroatoms. The summed E-state index contributed by atoms with van der Waals surface area (Å²) in [5.41, 5.74) is 0.982. The van der Waals surface area contributed by atoms with E-state index in [0.717, 1.165) is 19.3 Å². The minimum atomic E-state index is -3.39. The van der Waals surface area contributed by atoms with Gasteiger partial charge >= 0.3 is 0 Å². The normalized spacial score (nSPS) is 17.9. The Balaban J connectivity index is 2.12. The van der Waals surface area contributed by atoms with E-state index < -0.39 is 16.1 Å². The molecule has 1 unspecified atom stereocenters. The molecule has 2 N–H and O–H groups in total. The first kappa shape index (κ1) is 15.8. The largest absolute Gasteiger partial charge is 0.387 e. The highest BCUT2D eigenvalue weighted by atomic mass is 32.2. The summed E-state index contributed by atoms with van der Waals surface area (Å²) < 4.78 is 27.3. The van der Waals surface area contributed by atoms with E-state index in [0.29, 0.717) is 24.1 Å². The Morgan fingerprint density at radius 3 is 2.71 bits per heavy atom. The fourth-order valence-electron chi connectivity index (χ4n) is 2.64. The number of aliphatic hydroxyl groups excluding tert-OH is 1. The molecule has 1 aliphatic carbocycles. The highest BCUT2D eigenvalue weighted by Gasteiger charge is 2.27. The van der Waals surface area contributed by atoms with Gasteiger partial charge in [0.2, 0.25) is 10.0 Å². The SMILES string of the molecule is N#CCC(O)c1cccc(NS(=O)(=O)C2CCCCC2)c1. The first-order chi connectivity index (χ1) is 10.0. The quantitative estimate of drug-likeness (QED) is 0.875. The van der Waals surface area contributed by atoms with Crippen molar-refractivity contribution in [2.45, 2.75) is 49.9 Å². The lowest BCUT2D eigenvalue weighted by molar-refractivity contribution is 0.183. The molecule has 0 aliphatic heterocycles. The third-order valence-electron chi connectivity index (χ3n) is 3.81. The molecule has 1 saturated carbocycles. The average molecular weight is 308 g/mol. The Morgan fingerprint density at radius 2 is 2.05 bits per heavy atom. The summed E-state index contributed by atoms with van der Waals surface area (Å²) in [6.45, 7) is 0. The molecule has 114 valence electrons. The third-order valence-corrected chi connectivity index (χ3v) is 5.68. The fourth-order valence-corrected chi connectivity index (χ4v) is 4.21. The number of hydrogen-bond donors (Lipinski definition) is 2. The number of nitrogens with zero attached hydrogens (tertiary/aromatic N) is 1. The predicted octanol–water partition coefficient (Wildman–Crippen LogP) is 2.71. The Hall–Kier alpha value is -1.58. The second-order valence-electron chi connectivity index (χ2n) is 5.41. The van der Waals surface area contributed by atoms with Crippen LogP contribution in [0.3, 0.4) is 0 Å². The van der Waals surface area contributed by atoms with Crippen molar-refractivity contribution in [3.63, 3.8) is 0 Å². The highest BCUT2D eigenvalue weighted by molar-refractivity contribution is 7.93. The Labute approximate surface area is 125 Å². The van der Waals surface area contributed by atoms with Gasteiger partial charge in [0.25, 0.3) is 0 Å².